The second kappa shape index (κ2) is 13.6. The molecule has 20 heavy (non-hydrogen) atoms. The summed E-state index contributed by atoms with van der Waals surface area (Å²) < 4.78 is 5.49. The molecule has 3 nitrogen and oxygen atoms in total. The van der Waals surface area contributed by atoms with Crippen molar-refractivity contribution in [1.82, 2.24) is 0 Å². The van der Waals surface area contributed by atoms with E-state index in [4.69, 9.17) is 14.5 Å². The van der Waals surface area contributed by atoms with Crippen molar-refractivity contribution in [3.63, 3.8) is 0 Å². The van der Waals surface area contributed by atoms with Crippen LogP contribution < -0.4 is 0 Å². The molecule has 1 rings (SSSR count). The first-order chi connectivity index (χ1) is 9.93. The lowest BCUT2D eigenvalue weighted by molar-refractivity contribution is -0.331. The second-order valence-electron chi connectivity index (χ2n) is 5.69. The summed E-state index contributed by atoms with van der Waals surface area (Å²) in [5.74, 6) is 0. The van der Waals surface area contributed by atoms with Crippen LogP contribution in [0.4, 0.5) is 0 Å². The van der Waals surface area contributed by atoms with E-state index >= 15 is 0 Å². The van der Waals surface area contributed by atoms with Crippen molar-refractivity contribution in [1.29, 1.82) is 0 Å². The zero-order valence-corrected chi connectivity index (χ0v) is 13.0. The van der Waals surface area contributed by atoms with Crippen molar-refractivity contribution in [2.45, 2.75) is 76.7 Å². The van der Waals surface area contributed by atoms with Gasteiger partial charge in [-0.3, -0.25) is 0 Å². The lowest BCUT2D eigenvalue weighted by Gasteiger charge is -2.16. The van der Waals surface area contributed by atoms with Gasteiger partial charge in [-0.1, -0.05) is 63.9 Å². The zero-order chi connectivity index (χ0) is 14.3. The molecule has 1 fully saturated rings. The molecule has 0 bridgehead atoms. The Balaban J connectivity index is 2.22. The van der Waals surface area contributed by atoms with Gasteiger partial charge in [-0.25, -0.2) is 9.78 Å². The number of hydrogen-bond donors (Lipinski definition) is 0. The highest BCUT2D eigenvalue weighted by Gasteiger charge is 2.10. The molecule has 1 aliphatic heterocycles. The van der Waals surface area contributed by atoms with Gasteiger partial charge < -0.3 is 4.74 Å². The molecular weight excluding hydrogens is 252 g/mol. The van der Waals surface area contributed by atoms with Gasteiger partial charge in [-0.2, -0.15) is 0 Å². The van der Waals surface area contributed by atoms with E-state index in [1.165, 1.54) is 57.8 Å². The fourth-order valence-corrected chi connectivity index (χ4v) is 2.53. The largest absolute Gasteiger partial charge is 0.375 e. The molecule has 0 aromatic rings. The highest BCUT2D eigenvalue weighted by atomic mass is 17.2. The maximum atomic E-state index is 5.51. The van der Waals surface area contributed by atoms with Gasteiger partial charge in [0, 0.05) is 0 Å². The van der Waals surface area contributed by atoms with Crippen molar-refractivity contribution in [2.24, 2.45) is 0 Å². The number of hydrogen-bond acceptors (Lipinski definition) is 3. The molecule has 0 aliphatic carbocycles. The van der Waals surface area contributed by atoms with Gasteiger partial charge in [0.25, 0.3) is 0 Å². The van der Waals surface area contributed by atoms with E-state index in [0.29, 0.717) is 19.8 Å². The van der Waals surface area contributed by atoms with Crippen molar-refractivity contribution in [2.75, 3.05) is 19.8 Å². The van der Waals surface area contributed by atoms with Crippen LogP contribution in [0.5, 0.6) is 0 Å². The molecule has 0 N–H and O–H groups in total. The minimum Gasteiger partial charge on any atom is -0.375 e. The fraction of sp³-hybridized carbons (Fsp3) is 0.882. The molecule has 0 spiro atoms. The van der Waals surface area contributed by atoms with E-state index in [-0.39, 0.29) is 6.10 Å². The van der Waals surface area contributed by atoms with Crippen LogP contribution in [-0.4, -0.2) is 25.9 Å². The lowest BCUT2D eigenvalue weighted by atomic mass is 10.0. The third-order valence-electron chi connectivity index (χ3n) is 3.75. The second-order valence-corrected chi connectivity index (χ2v) is 5.69. The van der Waals surface area contributed by atoms with E-state index in [0.717, 1.165) is 12.8 Å². The number of rotatable bonds is 4. The normalized spacial score (nSPS) is 24.5. The summed E-state index contributed by atoms with van der Waals surface area (Å²) in [6, 6.07) is 0. The molecule has 0 aromatic heterocycles. The van der Waals surface area contributed by atoms with Gasteiger partial charge in [0.15, 0.2) is 0 Å². The summed E-state index contributed by atoms with van der Waals surface area (Å²) in [5.41, 5.74) is 0. The highest BCUT2D eigenvalue weighted by Crippen LogP contribution is 2.14. The third kappa shape index (κ3) is 10.4. The molecule has 0 saturated carbocycles. The Kier molecular flexibility index (Phi) is 12.0. The van der Waals surface area contributed by atoms with E-state index < -0.39 is 0 Å². The molecule has 3 heteroatoms. The van der Waals surface area contributed by atoms with Gasteiger partial charge in [-0.15, -0.1) is 6.58 Å². The van der Waals surface area contributed by atoms with Gasteiger partial charge in [0.05, 0.1) is 19.8 Å². The van der Waals surface area contributed by atoms with Gasteiger partial charge in [0.1, 0.15) is 6.10 Å². The Labute approximate surface area is 124 Å². The molecule has 0 radical (unpaired) electrons. The van der Waals surface area contributed by atoms with Crippen molar-refractivity contribution in [3.8, 4) is 0 Å². The SMILES string of the molecule is C=CCOCC1CCCCCCCCCCCCOO1. The topological polar surface area (TPSA) is 27.7 Å². The van der Waals surface area contributed by atoms with Crippen molar-refractivity contribution < 1.29 is 14.5 Å². The smallest absolute Gasteiger partial charge is 0.116 e. The van der Waals surface area contributed by atoms with Crippen LogP contribution in [0.25, 0.3) is 0 Å². The average Bonchev–Trinajstić information content (AvgIpc) is 2.47. The summed E-state index contributed by atoms with van der Waals surface area (Å²) in [4.78, 5) is 10.9. The summed E-state index contributed by atoms with van der Waals surface area (Å²) >= 11 is 0. The van der Waals surface area contributed by atoms with Gasteiger partial charge in [0.2, 0.25) is 0 Å². The Hall–Kier alpha value is -0.380. The van der Waals surface area contributed by atoms with Crippen LogP contribution in [0.3, 0.4) is 0 Å². The minimum atomic E-state index is 0.0695. The highest BCUT2D eigenvalue weighted by molar-refractivity contribution is 4.65. The van der Waals surface area contributed by atoms with E-state index in [9.17, 15) is 0 Å². The minimum absolute atomic E-state index is 0.0695. The standard InChI is InChI=1S/C17H32O3/c1-2-14-18-16-17-13-11-9-7-5-3-4-6-8-10-12-15-19-20-17/h2,17H,1,3-16H2. The van der Waals surface area contributed by atoms with Crippen LogP contribution in [0.1, 0.15) is 70.6 Å². The van der Waals surface area contributed by atoms with Crippen LogP contribution >= 0.6 is 0 Å². The van der Waals surface area contributed by atoms with E-state index in [2.05, 4.69) is 6.58 Å². The first-order valence-corrected chi connectivity index (χ1v) is 8.40. The zero-order valence-electron chi connectivity index (χ0n) is 13.0. The molecule has 1 aliphatic rings. The number of ether oxygens (including phenoxy) is 1. The Morgan fingerprint density at radius 1 is 0.900 bits per heavy atom. The maximum Gasteiger partial charge on any atom is 0.116 e. The van der Waals surface area contributed by atoms with E-state index in [1.807, 2.05) is 0 Å². The molecular formula is C17H32O3. The molecule has 1 unspecified atom stereocenters. The van der Waals surface area contributed by atoms with Crippen molar-refractivity contribution >= 4 is 0 Å². The van der Waals surface area contributed by atoms with E-state index in [1.54, 1.807) is 6.08 Å². The monoisotopic (exact) mass is 284 g/mol. The predicted molar refractivity (Wildman–Crippen MR) is 82.6 cm³/mol. The van der Waals surface area contributed by atoms with Crippen LogP contribution in [0, 0.1) is 0 Å². The summed E-state index contributed by atoms with van der Waals surface area (Å²) in [6.45, 7) is 5.55. The van der Waals surface area contributed by atoms with Crippen molar-refractivity contribution in [3.05, 3.63) is 12.7 Å². The summed E-state index contributed by atoms with van der Waals surface area (Å²) in [6.07, 6.45) is 15.9. The van der Waals surface area contributed by atoms with Crippen LogP contribution in [0.2, 0.25) is 0 Å². The molecule has 1 saturated heterocycles. The van der Waals surface area contributed by atoms with Gasteiger partial charge >= 0.3 is 0 Å². The van der Waals surface area contributed by atoms with Crippen LogP contribution in [-0.2, 0) is 14.5 Å². The Morgan fingerprint density at radius 3 is 2.15 bits per heavy atom. The maximum absolute atomic E-state index is 5.51. The molecule has 1 atom stereocenters. The Morgan fingerprint density at radius 2 is 1.50 bits per heavy atom. The molecule has 118 valence electrons. The first kappa shape index (κ1) is 17.7. The summed E-state index contributed by atoms with van der Waals surface area (Å²) in [5, 5.41) is 0. The predicted octanol–water partition coefficient (Wildman–Crippen LogP) is 4.81. The Bertz CT molecular complexity index is 202. The quantitative estimate of drug-likeness (QED) is 0.421. The average molecular weight is 284 g/mol. The molecule has 0 aromatic carbocycles. The van der Waals surface area contributed by atoms with Gasteiger partial charge in [-0.05, 0) is 12.8 Å². The van der Waals surface area contributed by atoms with Crippen LogP contribution in [0.15, 0.2) is 12.7 Å². The third-order valence-corrected chi connectivity index (χ3v) is 3.75. The molecule has 1 heterocycles. The summed E-state index contributed by atoms with van der Waals surface area (Å²) in [7, 11) is 0. The molecule has 0 amide bonds. The lowest BCUT2D eigenvalue weighted by Crippen LogP contribution is -2.20. The fourth-order valence-electron chi connectivity index (χ4n) is 2.53. The first-order valence-electron chi connectivity index (χ1n) is 8.40.